The highest BCUT2D eigenvalue weighted by Crippen LogP contribution is 2.17. The third-order valence-corrected chi connectivity index (χ3v) is 3.19. The summed E-state index contributed by atoms with van der Waals surface area (Å²) in [4.78, 5) is 11.9. The summed E-state index contributed by atoms with van der Waals surface area (Å²) < 4.78 is 18.5. The second-order valence-corrected chi connectivity index (χ2v) is 4.54. The molecule has 1 aromatic carbocycles. The largest absolute Gasteiger partial charge is 0.490 e. The zero-order chi connectivity index (χ0) is 12.8. The first kappa shape index (κ1) is 13.0. The van der Waals surface area contributed by atoms with Gasteiger partial charge in [0.05, 0.1) is 6.61 Å². The summed E-state index contributed by atoms with van der Waals surface area (Å²) in [6, 6.07) is 6.25. The Bertz CT molecular complexity index is 403. The van der Waals surface area contributed by atoms with Gasteiger partial charge in [-0.3, -0.25) is 4.79 Å². The summed E-state index contributed by atoms with van der Waals surface area (Å²) >= 11 is 0. The number of hydrogen-bond donors (Lipinski definition) is 1. The quantitative estimate of drug-likeness (QED) is 0.871. The highest BCUT2D eigenvalue weighted by molar-refractivity contribution is 5.81. The number of hydrogen-bond acceptors (Lipinski definition) is 3. The second-order valence-electron chi connectivity index (χ2n) is 4.54. The molecule has 1 N–H and O–H groups in total. The van der Waals surface area contributed by atoms with Crippen molar-refractivity contribution < 1.29 is 13.9 Å². The molecular formula is C14H18FNO2. The molecular weight excluding hydrogens is 233 g/mol. The van der Waals surface area contributed by atoms with E-state index in [-0.39, 0.29) is 29.9 Å². The van der Waals surface area contributed by atoms with Crippen molar-refractivity contribution in [2.45, 2.75) is 19.3 Å². The molecule has 4 heteroatoms. The number of rotatable bonds is 5. The van der Waals surface area contributed by atoms with Gasteiger partial charge in [0.25, 0.3) is 0 Å². The van der Waals surface area contributed by atoms with Crippen molar-refractivity contribution in [1.29, 1.82) is 0 Å². The maximum Gasteiger partial charge on any atom is 0.165 e. The number of para-hydroxylation sites is 1. The molecule has 3 nitrogen and oxygen atoms in total. The van der Waals surface area contributed by atoms with Gasteiger partial charge in [-0.2, -0.15) is 0 Å². The molecule has 18 heavy (non-hydrogen) atoms. The van der Waals surface area contributed by atoms with Crippen LogP contribution >= 0.6 is 0 Å². The van der Waals surface area contributed by atoms with Crippen LogP contribution in [-0.2, 0) is 4.79 Å². The van der Waals surface area contributed by atoms with Crippen LogP contribution in [0.5, 0.6) is 5.75 Å². The number of ether oxygens (including phenoxy) is 1. The van der Waals surface area contributed by atoms with Crippen molar-refractivity contribution in [2.24, 2.45) is 5.92 Å². The Kier molecular flexibility index (Phi) is 4.70. The van der Waals surface area contributed by atoms with E-state index in [4.69, 9.17) is 4.74 Å². The first-order valence-corrected chi connectivity index (χ1v) is 6.38. The van der Waals surface area contributed by atoms with Gasteiger partial charge < -0.3 is 10.1 Å². The molecule has 0 bridgehead atoms. The Hall–Kier alpha value is -1.42. The van der Waals surface area contributed by atoms with Crippen LogP contribution in [0.4, 0.5) is 4.39 Å². The van der Waals surface area contributed by atoms with Crippen LogP contribution < -0.4 is 10.1 Å². The fourth-order valence-electron chi connectivity index (χ4n) is 2.15. The van der Waals surface area contributed by atoms with E-state index in [0.717, 1.165) is 25.9 Å². The first-order valence-electron chi connectivity index (χ1n) is 6.38. The fraction of sp³-hybridized carbons (Fsp3) is 0.500. The number of benzene rings is 1. The molecule has 0 amide bonds. The van der Waals surface area contributed by atoms with Gasteiger partial charge in [-0.15, -0.1) is 0 Å². The van der Waals surface area contributed by atoms with E-state index >= 15 is 0 Å². The van der Waals surface area contributed by atoms with Gasteiger partial charge in [0.15, 0.2) is 11.6 Å². The number of nitrogens with one attached hydrogen (secondary N) is 1. The Morgan fingerprint density at radius 3 is 3.00 bits per heavy atom. The molecule has 1 unspecified atom stereocenters. The van der Waals surface area contributed by atoms with Crippen molar-refractivity contribution >= 4 is 5.78 Å². The van der Waals surface area contributed by atoms with E-state index in [1.54, 1.807) is 18.2 Å². The lowest BCUT2D eigenvalue weighted by Crippen LogP contribution is -2.34. The molecule has 1 fully saturated rings. The lowest BCUT2D eigenvalue weighted by molar-refractivity contribution is -0.123. The van der Waals surface area contributed by atoms with Crippen LogP contribution in [-0.4, -0.2) is 25.5 Å². The predicted octanol–water partition coefficient (Wildman–Crippen LogP) is 2.16. The van der Waals surface area contributed by atoms with Crippen LogP contribution in [0.3, 0.4) is 0 Å². The van der Waals surface area contributed by atoms with Crippen LogP contribution in [0.15, 0.2) is 24.3 Å². The maximum atomic E-state index is 13.2. The Labute approximate surface area is 106 Å². The molecule has 1 heterocycles. The molecule has 98 valence electrons. The Morgan fingerprint density at radius 1 is 1.44 bits per heavy atom. The molecule has 1 aliphatic rings. The number of carbonyl (C=O) groups is 1. The van der Waals surface area contributed by atoms with E-state index < -0.39 is 0 Å². The average Bonchev–Trinajstić information content (AvgIpc) is 2.42. The minimum Gasteiger partial charge on any atom is -0.490 e. The molecule has 0 aromatic heterocycles. The molecule has 1 saturated heterocycles. The number of halogens is 1. The number of carbonyl (C=O) groups excluding carboxylic acids is 1. The monoisotopic (exact) mass is 251 g/mol. The van der Waals surface area contributed by atoms with Crippen LogP contribution in [0.25, 0.3) is 0 Å². The smallest absolute Gasteiger partial charge is 0.165 e. The van der Waals surface area contributed by atoms with Crippen LogP contribution in [0.1, 0.15) is 19.3 Å². The van der Waals surface area contributed by atoms with E-state index in [1.807, 2.05) is 0 Å². The van der Waals surface area contributed by atoms with Gasteiger partial charge in [-0.25, -0.2) is 4.39 Å². The molecule has 2 rings (SSSR count). The standard InChI is InChI=1S/C14H18FNO2/c15-12-5-1-2-6-14(12)18-9-7-13(17)11-4-3-8-16-10-11/h1-2,5-6,11,16H,3-4,7-10H2. The minimum atomic E-state index is -0.385. The third-order valence-electron chi connectivity index (χ3n) is 3.19. The Balaban J connectivity index is 1.75. The number of ketones is 1. The lowest BCUT2D eigenvalue weighted by Gasteiger charge is -2.21. The van der Waals surface area contributed by atoms with Gasteiger partial charge in [0.2, 0.25) is 0 Å². The van der Waals surface area contributed by atoms with Crippen molar-refractivity contribution in [1.82, 2.24) is 5.32 Å². The summed E-state index contributed by atoms with van der Waals surface area (Å²) in [7, 11) is 0. The Morgan fingerprint density at radius 2 is 2.28 bits per heavy atom. The maximum absolute atomic E-state index is 13.2. The molecule has 0 spiro atoms. The highest BCUT2D eigenvalue weighted by atomic mass is 19.1. The summed E-state index contributed by atoms with van der Waals surface area (Å²) in [5.41, 5.74) is 0. The summed E-state index contributed by atoms with van der Waals surface area (Å²) in [6.45, 7) is 2.00. The van der Waals surface area contributed by atoms with Crippen LogP contribution in [0, 0.1) is 11.7 Å². The number of piperidine rings is 1. The van der Waals surface area contributed by atoms with Gasteiger partial charge >= 0.3 is 0 Å². The fourth-order valence-corrected chi connectivity index (χ4v) is 2.15. The lowest BCUT2D eigenvalue weighted by atomic mass is 9.94. The summed E-state index contributed by atoms with van der Waals surface area (Å²) in [6.07, 6.45) is 2.34. The normalized spacial score (nSPS) is 19.5. The summed E-state index contributed by atoms with van der Waals surface area (Å²) in [5, 5.41) is 3.21. The van der Waals surface area contributed by atoms with Gasteiger partial charge in [-0.1, -0.05) is 12.1 Å². The molecule has 1 aromatic rings. The van der Waals surface area contributed by atoms with E-state index in [2.05, 4.69) is 5.32 Å². The SMILES string of the molecule is O=C(CCOc1ccccc1F)C1CCCNC1. The van der Waals surface area contributed by atoms with Crippen molar-refractivity contribution in [3.05, 3.63) is 30.1 Å². The molecule has 1 atom stereocenters. The minimum absolute atomic E-state index is 0.1000. The first-order chi connectivity index (χ1) is 8.77. The van der Waals surface area contributed by atoms with E-state index in [9.17, 15) is 9.18 Å². The van der Waals surface area contributed by atoms with Crippen LogP contribution in [0.2, 0.25) is 0 Å². The molecule has 0 aliphatic carbocycles. The van der Waals surface area contributed by atoms with Crippen molar-refractivity contribution in [3.8, 4) is 5.75 Å². The average molecular weight is 251 g/mol. The van der Waals surface area contributed by atoms with E-state index in [1.165, 1.54) is 6.07 Å². The third kappa shape index (κ3) is 3.53. The van der Waals surface area contributed by atoms with Gasteiger partial charge in [0, 0.05) is 18.9 Å². The van der Waals surface area contributed by atoms with Crippen molar-refractivity contribution in [2.75, 3.05) is 19.7 Å². The molecule has 1 aliphatic heterocycles. The highest BCUT2D eigenvalue weighted by Gasteiger charge is 2.20. The van der Waals surface area contributed by atoms with Crippen molar-refractivity contribution in [3.63, 3.8) is 0 Å². The second kappa shape index (κ2) is 6.50. The summed E-state index contributed by atoms with van der Waals surface area (Å²) in [5.74, 6) is 0.137. The van der Waals surface area contributed by atoms with Gasteiger partial charge in [0.1, 0.15) is 5.78 Å². The zero-order valence-electron chi connectivity index (χ0n) is 10.3. The topological polar surface area (TPSA) is 38.3 Å². The number of Topliss-reactive ketones (excluding diaryl/α,β-unsaturated/α-hetero) is 1. The molecule has 0 radical (unpaired) electrons. The predicted molar refractivity (Wildman–Crippen MR) is 67.1 cm³/mol. The van der Waals surface area contributed by atoms with Gasteiger partial charge in [-0.05, 0) is 31.5 Å². The van der Waals surface area contributed by atoms with E-state index in [0.29, 0.717) is 6.42 Å². The zero-order valence-corrected chi connectivity index (χ0v) is 10.3. The molecule has 0 saturated carbocycles.